The summed E-state index contributed by atoms with van der Waals surface area (Å²) in [6.07, 6.45) is -5.78. The van der Waals surface area contributed by atoms with Gasteiger partial charge in [0.2, 0.25) is 5.78 Å². The van der Waals surface area contributed by atoms with Crippen molar-refractivity contribution >= 4 is 43.1 Å². The van der Waals surface area contributed by atoms with E-state index in [1.54, 1.807) is 0 Å². The van der Waals surface area contributed by atoms with Gasteiger partial charge in [0.15, 0.2) is 9.86 Å². The molecule has 1 atom stereocenters. The number of ketones is 2. The number of carbonyl (C=O) groups excluding carboxylic acids is 2. The molecule has 0 saturated heterocycles. The third-order valence-electron chi connectivity index (χ3n) is 2.20. The van der Waals surface area contributed by atoms with E-state index in [0.717, 1.165) is 0 Å². The minimum Gasteiger partial charge on any atom is -0.296 e. The first-order chi connectivity index (χ1) is 8.01. The van der Waals surface area contributed by atoms with Crippen molar-refractivity contribution in [1.82, 2.24) is 0 Å². The third kappa shape index (κ3) is 2.89. The van der Waals surface area contributed by atoms with Crippen molar-refractivity contribution in [3.05, 3.63) is 11.5 Å². The molecule has 1 aliphatic heterocycles. The predicted octanol–water partition coefficient (Wildman–Crippen LogP) is 1.99. The van der Waals surface area contributed by atoms with Gasteiger partial charge in [0, 0.05) is 17.1 Å². The molecule has 0 fully saturated rings. The molecule has 1 aliphatic rings. The van der Waals surface area contributed by atoms with Crippen LogP contribution in [0.15, 0.2) is 11.5 Å². The number of alkyl halides is 3. The Morgan fingerprint density at radius 2 is 1.94 bits per heavy atom. The Kier molecular flexibility index (Phi) is 4.19. The Morgan fingerprint density at radius 3 is 2.28 bits per heavy atom. The number of hydrogen-bond acceptors (Lipinski definition) is 5. The Balaban J connectivity index is 2.98. The molecular formula is C8H6ClF3O4S2. The number of Topliss-reactive ketones (excluding diaryl/α,β-unsaturated/α-hetero) is 2. The molecule has 0 aromatic carbocycles. The minimum atomic E-state index is -5.18. The summed E-state index contributed by atoms with van der Waals surface area (Å²) in [4.78, 5) is 22.3. The average Bonchev–Trinajstić information content (AvgIpc) is 2.64. The molecule has 10 heteroatoms. The van der Waals surface area contributed by atoms with E-state index in [1.165, 1.54) is 11.5 Å². The summed E-state index contributed by atoms with van der Waals surface area (Å²) in [6.45, 7) is 0. The summed E-state index contributed by atoms with van der Waals surface area (Å²) in [5, 5.41) is 1.25. The molecule has 0 aliphatic carbocycles. The lowest BCUT2D eigenvalue weighted by molar-refractivity contribution is -0.171. The molecule has 1 heterocycles. The van der Waals surface area contributed by atoms with E-state index < -0.39 is 37.3 Å². The van der Waals surface area contributed by atoms with Gasteiger partial charge in [-0.05, 0) is 5.41 Å². The molecule has 0 saturated carbocycles. The first-order valence-electron chi connectivity index (χ1n) is 4.41. The van der Waals surface area contributed by atoms with Crippen LogP contribution in [0.25, 0.3) is 0 Å². The number of rotatable bonds is 4. The summed E-state index contributed by atoms with van der Waals surface area (Å²) in [5.74, 6) is -3.66. The molecule has 1 unspecified atom stereocenters. The van der Waals surface area contributed by atoms with Crippen LogP contribution in [0, 0.1) is 0 Å². The van der Waals surface area contributed by atoms with E-state index in [-0.39, 0.29) is 6.42 Å². The minimum absolute atomic E-state index is 0.354. The molecule has 0 N–H and O–H groups in total. The fraction of sp³-hybridized carbons (Fsp3) is 0.500. The highest BCUT2D eigenvalue weighted by atomic mass is 35.7. The molecule has 0 spiro atoms. The van der Waals surface area contributed by atoms with E-state index >= 15 is 0 Å². The van der Waals surface area contributed by atoms with E-state index in [9.17, 15) is 31.2 Å². The van der Waals surface area contributed by atoms with Gasteiger partial charge in [0.1, 0.15) is 0 Å². The standard InChI is InChI=1S/C8H6ClF3O4S2/c9-18(15,16)7(2-1-3-17-7)5(13)4-6(14)8(10,11)12/h1,3H,2,4H2. The van der Waals surface area contributed by atoms with Crippen LogP contribution in [0.3, 0.4) is 0 Å². The van der Waals surface area contributed by atoms with Crippen LogP contribution in [0.5, 0.6) is 0 Å². The number of halogens is 4. The first-order valence-corrected chi connectivity index (χ1v) is 7.60. The zero-order chi connectivity index (χ0) is 14.2. The maximum absolute atomic E-state index is 12.0. The molecule has 0 aromatic heterocycles. The second-order valence-electron chi connectivity index (χ2n) is 3.41. The summed E-state index contributed by atoms with van der Waals surface area (Å²) < 4.78 is 56.4. The number of hydrogen-bond donors (Lipinski definition) is 0. The summed E-state index contributed by atoms with van der Waals surface area (Å²) >= 11 is 0.488. The van der Waals surface area contributed by atoms with Crippen molar-refractivity contribution in [3.8, 4) is 0 Å². The van der Waals surface area contributed by atoms with Crippen molar-refractivity contribution in [1.29, 1.82) is 0 Å². The fourth-order valence-corrected chi connectivity index (χ4v) is 4.11. The van der Waals surface area contributed by atoms with E-state index in [4.69, 9.17) is 10.7 Å². The quantitative estimate of drug-likeness (QED) is 0.585. The molecule has 18 heavy (non-hydrogen) atoms. The second kappa shape index (κ2) is 4.86. The smallest absolute Gasteiger partial charge is 0.296 e. The lowest BCUT2D eigenvalue weighted by atomic mass is 10.1. The lowest BCUT2D eigenvalue weighted by Crippen LogP contribution is -2.41. The van der Waals surface area contributed by atoms with Crippen molar-refractivity contribution in [2.24, 2.45) is 0 Å². The maximum atomic E-state index is 12.0. The molecule has 4 nitrogen and oxygen atoms in total. The van der Waals surface area contributed by atoms with Crippen LogP contribution in [-0.4, -0.2) is 30.2 Å². The van der Waals surface area contributed by atoms with Gasteiger partial charge < -0.3 is 0 Å². The van der Waals surface area contributed by atoms with Crippen LogP contribution in [0.4, 0.5) is 13.2 Å². The monoisotopic (exact) mass is 322 g/mol. The SMILES string of the molecule is O=C(CC(=O)C1(S(=O)(=O)Cl)CC=CS1)C(F)(F)F. The molecule has 102 valence electrons. The van der Waals surface area contributed by atoms with Crippen LogP contribution in [0.2, 0.25) is 0 Å². The van der Waals surface area contributed by atoms with Crippen LogP contribution >= 0.6 is 22.4 Å². The first kappa shape index (κ1) is 15.5. The summed E-state index contributed by atoms with van der Waals surface area (Å²) in [6, 6.07) is 0. The van der Waals surface area contributed by atoms with Crippen LogP contribution in [-0.2, 0) is 18.6 Å². The van der Waals surface area contributed by atoms with Gasteiger partial charge in [-0.3, -0.25) is 9.59 Å². The molecule has 1 rings (SSSR count). The van der Waals surface area contributed by atoms with Crippen molar-refractivity contribution in [3.63, 3.8) is 0 Å². The molecule has 0 aromatic rings. The number of allylic oxidation sites excluding steroid dienone is 1. The summed E-state index contributed by atoms with van der Waals surface area (Å²) in [5.41, 5.74) is 0. The number of carbonyl (C=O) groups is 2. The van der Waals surface area contributed by atoms with E-state index in [2.05, 4.69) is 0 Å². The van der Waals surface area contributed by atoms with Gasteiger partial charge in [0.25, 0.3) is 9.05 Å². The van der Waals surface area contributed by atoms with Gasteiger partial charge in [-0.2, -0.15) is 13.2 Å². The van der Waals surface area contributed by atoms with Gasteiger partial charge in [-0.25, -0.2) is 8.42 Å². The van der Waals surface area contributed by atoms with Gasteiger partial charge in [-0.15, -0.1) is 11.8 Å². The Labute approximate surface area is 109 Å². The molecule has 0 amide bonds. The topological polar surface area (TPSA) is 68.3 Å². The third-order valence-corrected chi connectivity index (χ3v) is 6.49. The summed E-state index contributed by atoms with van der Waals surface area (Å²) in [7, 11) is 0.636. The molecule has 0 radical (unpaired) electrons. The molecule has 0 bridgehead atoms. The number of thioether (sulfide) groups is 1. The Morgan fingerprint density at radius 1 is 1.39 bits per heavy atom. The second-order valence-corrected chi connectivity index (χ2v) is 7.66. The van der Waals surface area contributed by atoms with E-state index in [0.29, 0.717) is 11.8 Å². The van der Waals surface area contributed by atoms with Gasteiger partial charge >= 0.3 is 6.18 Å². The Hall–Kier alpha value is -0.540. The zero-order valence-corrected chi connectivity index (χ0v) is 10.9. The highest BCUT2D eigenvalue weighted by molar-refractivity contribution is 8.27. The van der Waals surface area contributed by atoms with Crippen molar-refractivity contribution < 1.29 is 31.2 Å². The van der Waals surface area contributed by atoms with Gasteiger partial charge in [0.05, 0.1) is 6.42 Å². The predicted molar refractivity (Wildman–Crippen MR) is 59.5 cm³/mol. The maximum Gasteiger partial charge on any atom is 0.450 e. The van der Waals surface area contributed by atoms with E-state index in [1.807, 2.05) is 0 Å². The molecular weight excluding hydrogens is 317 g/mol. The van der Waals surface area contributed by atoms with Gasteiger partial charge in [-0.1, -0.05) is 6.08 Å². The van der Waals surface area contributed by atoms with Crippen LogP contribution < -0.4 is 0 Å². The lowest BCUT2D eigenvalue weighted by Gasteiger charge is -2.22. The zero-order valence-electron chi connectivity index (χ0n) is 8.53. The highest BCUT2D eigenvalue weighted by Crippen LogP contribution is 2.45. The average molecular weight is 323 g/mol. The van der Waals surface area contributed by atoms with Crippen molar-refractivity contribution in [2.45, 2.75) is 23.1 Å². The highest BCUT2D eigenvalue weighted by Gasteiger charge is 2.53. The van der Waals surface area contributed by atoms with Crippen LogP contribution in [0.1, 0.15) is 12.8 Å². The fourth-order valence-electron chi connectivity index (χ4n) is 1.26. The van der Waals surface area contributed by atoms with Crippen molar-refractivity contribution in [2.75, 3.05) is 0 Å². The normalized spacial score (nSPS) is 24.2. The largest absolute Gasteiger partial charge is 0.450 e. The Bertz CT molecular complexity index is 501.